The van der Waals surface area contributed by atoms with Crippen LogP contribution in [0.5, 0.6) is 0 Å². The molecule has 0 saturated heterocycles. The molecule has 0 aliphatic rings. The maximum atomic E-state index is 12.3. The first-order chi connectivity index (χ1) is 10.7. The van der Waals surface area contributed by atoms with Crippen molar-refractivity contribution in [3.8, 4) is 0 Å². The van der Waals surface area contributed by atoms with Gasteiger partial charge in [-0.25, -0.2) is 9.97 Å². The maximum absolute atomic E-state index is 12.3. The number of aryl methyl sites for hydroxylation is 1. The van der Waals surface area contributed by atoms with Crippen LogP contribution in [0.15, 0.2) is 33.8 Å². The molecule has 0 bridgehead atoms. The zero-order chi connectivity index (χ0) is 15.4. The van der Waals surface area contributed by atoms with Crippen molar-refractivity contribution in [2.75, 3.05) is 0 Å². The Hall–Kier alpha value is -1.57. The van der Waals surface area contributed by atoms with Crippen LogP contribution in [0.1, 0.15) is 27.3 Å². The van der Waals surface area contributed by atoms with Crippen molar-refractivity contribution in [1.29, 1.82) is 0 Å². The number of nitrogens with zero attached hydrogens (tertiary/aromatic N) is 2. The number of carbonyl (C=O) groups is 1. The van der Waals surface area contributed by atoms with Crippen LogP contribution in [-0.4, -0.2) is 15.9 Å². The molecule has 0 radical (unpaired) electrons. The van der Waals surface area contributed by atoms with Gasteiger partial charge in [-0.3, -0.25) is 4.79 Å². The molecule has 3 heterocycles. The molecule has 4 nitrogen and oxygen atoms in total. The normalized spacial score (nSPS) is 12.2. The first-order valence-electron chi connectivity index (χ1n) is 6.81. The SMILES string of the molecule is Cc1nc(CC(=O)N[C@H](Cc2ccsc2)c2nccs2)cs1. The fourth-order valence-corrected chi connectivity index (χ4v) is 4.13. The molecule has 0 aliphatic heterocycles. The predicted molar refractivity (Wildman–Crippen MR) is 91.6 cm³/mol. The standard InChI is InChI=1S/C15H15N3OS3/c1-10-17-12(9-22-10)7-14(19)18-13(15-16-3-5-21-15)6-11-2-4-20-8-11/h2-5,8-9,13H,6-7H2,1H3,(H,18,19)/t13-/m1/s1. The topological polar surface area (TPSA) is 54.9 Å². The summed E-state index contributed by atoms with van der Waals surface area (Å²) in [5.41, 5.74) is 2.04. The van der Waals surface area contributed by atoms with Crippen molar-refractivity contribution < 1.29 is 4.79 Å². The minimum absolute atomic E-state index is 0.0132. The molecule has 0 aliphatic carbocycles. The van der Waals surface area contributed by atoms with Crippen LogP contribution in [0.25, 0.3) is 0 Å². The van der Waals surface area contributed by atoms with Crippen LogP contribution in [-0.2, 0) is 17.6 Å². The van der Waals surface area contributed by atoms with Gasteiger partial charge in [0, 0.05) is 23.4 Å². The van der Waals surface area contributed by atoms with E-state index in [-0.39, 0.29) is 11.9 Å². The zero-order valence-electron chi connectivity index (χ0n) is 12.0. The highest BCUT2D eigenvalue weighted by molar-refractivity contribution is 7.10. The summed E-state index contributed by atoms with van der Waals surface area (Å²) in [4.78, 5) is 21.0. The molecule has 7 heteroatoms. The Morgan fingerprint density at radius 3 is 2.86 bits per heavy atom. The average Bonchev–Trinajstić information content (AvgIpc) is 3.20. The molecule has 22 heavy (non-hydrogen) atoms. The third-order valence-corrected chi connectivity index (χ3v) is 5.56. The number of thiazole rings is 2. The fourth-order valence-electron chi connectivity index (χ4n) is 2.15. The van der Waals surface area contributed by atoms with Crippen LogP contribution in [0, 0.1) is 6.92 Å². The van der Waals surface area contributed by atoms with E-state index in [1.807, 2.05) is 23.1 Å². The van der Waals surface area contributed by atoms with E-state index in [1.165, 1.54) is 5.56 Å². The maximum Gasteiger partial charge on any atom is 0.226 e. The smallest absolute Gasteiger partial charge is 0.226 e. The summed E-state index contributed by atoms with van der Waals surface area (Å²) in [7, 11) is 0. The van der Waals surface area contributed by atoms with E-state index >= 15 is 0 Å². The summed E-state index contributed by atoms with van der Waals surface area (Å²) in [5.74, 6) is -0.0132. The number of rotatable bonds is 6. The van der Waals surface area contributed by atoms with E-state index in [0.717, 1.165) is 22.1 Å². The van der Waals surface area contributed by atoms with Crippen LogP contribution >= 0.6 is 34.0 Å². The summed E-state index contributed by atoms with van der Waals surface area (Å²) < 4.78 is 0. The largest absolute Gasteiger partial charge is 0.346 e. The summed E-state index contributed by atoms with van der Waals surface area (Å²) in [6, 6.07) is 2.00. The minimum atomic E-state index is -0.0816. The van der Waals surface area contributed by atoms with Crippen LogP contribution in [0.4, 0.5) is 0 Å². The third kappa shape index (κ3) is 4.00. The molecule has 3 rings (SSSR count). The van der Waals surface area contributed by atoms with Gasteiger partial charge in [0.1, 0.15) is 5.01 Å². The van der Waals surface area contributed by atoms with Gasteiger partial charge in [-0.1, -0.05) is 0 Å². The fraction of sp³-hybridized carbons (Fsp3) is 0.267. The lowest BCUT2D eigenvalue weighted by atomic mass is 10.1. The van der Waals surface area contributed by atoms with Crippen molar-refractivity contribution in [3.05, 3.63) is 55.1 Å². The Bertz CT molecular complexity index is 719. The molecular weight excluding hydrogens is 334 g/mol. The highest BCUT2D eigenvalue weighted by Gasteiger charge is 2.18. The van der Waals surface area contributed by atoms with Crippen molar-refractivity contribution in [2.24, 2.45) is 0 Å². The second-order valence-corrected chi connectivity index (χ2v) is 7.63. The molecule has 1 amide bonds. The molecule has 0 aromatic carbocycles. The lowest BCUT2D eigenvalue weighted by Gasteiger charge is -2.15. The van der Waals surface area contributed by atoms with Gasteiger partial charge in [-0.15, -0.1) is 22.7 Å². The van der Waals surface area contributed by atoms with E-state index in [9.17, 15) is 4.79 Å². The highest BCUT2D eigenvalue weighted by Crippen LogP contribution is 2.22. The summed E-state index contributed by atoms with van der Waals surface area (Å²) in [6.07, 6.45) is 2.85. The van der Waals surface area contributed by atoms with Crippen molar-refractivity contribution in [3.63, 3.8) is 0 Å². The number of amides is 1. The molecule has 1 atom stereocenters. The molecule has 3 aromatic rings. The quantitative estimate of drug-likeness (QED) is 0.739. The first-order valence-corrected chi connectivity index (χ1v) is 9.52. The Labute approximate surface area is 140 Å². The lowest BCUT2D eigenvalue weighted by molar-refractivity contribution is -0.121. The van der Waals surface area contributed by atoms with E-state index in [2.05, 4.69) is 26.7 Å². The number of aromatic nitrogens is 2. The molecule has 114 valence electrons. The van der Waals surface area contributed by atoms with Gasteiger partial charge in [0.15, 0.2) is 0 Å². The van der Waals surface area contributed by atoms with E-state index in [0.29, 0.717) is 6.42 Å². The second kappa shape index (κ2) is 7.13. The number of thiophene rings is 1. The molecular formula is C15H15N3OS3. The van der Waals surface area contributed by atoms with Gasteiger partial charge in [0.25, 0.3) is 0 Å². The number of carbonyl (C=O) groups excluding carboxylic acids is 1. The van der Waals surface area contributed by atoms with Gasteiger partial charge in [0.05, 0.1) is 23.2 Å². The molecule has 0 saturated carbocycles. The monoisotopic (exact) mass is 349 g/mol. The van der Waals surface area contributed by atoms with Crippen molar-refractivity contribution >= 4 is 39.9 Å². The highest BCUT2D eigenvalue weighted by atomic mass is 32.1. The predicted octanol–water partition coefficient (Wildman–Crippen LogP) is 3.61. The van der Waals surface area contributed by atoms with E-state index in [1.54, 1.807) is 40.2 Å². The van der Waals surface area contributed by atoms with Gasteiger partial charge < -0.3 is 5.32 Å². The second-order valence-electron chi connectivity index (χ2n) is 4.86. The van der Waals surface area contributed by atoms with Crippen LogP contribution in [0.3, 0.4) is 0 Å². The first kappa shape index (κ1) is 15.3. The van der Waals surface area contributed by atoms with E-state index in [4.69, 9.17) is 0 Å². The molecule has 3 aromatic heterocycles. The summed E-state index contributed by atoms with van der Waals surface area (Å²) in [5, 5.41) is 13.0. The number of hydrogen-bond donors (Lipinski definition) is 1. The van der Waals surface area contributed by atoms with Gasteiger partial charge in [0.2, 0.25) is 5.91 Å². The third-order valence-electron chi connectivity index (χ3n) is 3.11. The van der Waals surface area contributed by atoms with Crippen molar-refractivity contribution in [2.45, 2.75) is 25.8 Å². The Balaban J connectivity index is 1.68. The van der Waals surface area contributed by atoms with Gasteiger partial charge in [-0.2, -0.15) is 11.3 Å². The molecule has 0 fully saturated rings. The molecule has 0 unspecified atom stereocenters. The Morgan fingerprint density at radius 1 is 1.32 bits per heavy atom. The minimum Gasteiger partial charge on any atom is -0.346 e. The summed E-state index contributed by atoms with van der Waals surface area (Å²) >= 11 is 4.80. The number of hydrogen-bond acceptors (Lipinski definition) is 6. The number of nitrogens with one attached hydrogen (secondary N) is 1. The lowest BCUT2D eigenvalue weighted by Crippen LogP contribution is -2.31. The van der Waals surface area contributed by atoms with E-state index < -0.39 is 0 Å². The van der Waals surface area contributed by atoms with Gasteiger partial charge >= 0.3 is 0 Å². The van der Waals surface area contributed by atoms with Crippen LogP contribution in [0.2, 0.25) is 0 Å². The summed E-state index contributed by atoms with van der Waals surface area (Å²) in [6.45, 7) is 1.95. The Morgan fingerprint density at radius 2 is 2.23 bits per heavy atom. The average molecular weight is 350 g/mol. The Kier molecular flexibility index (Phi) is 4.97. The van der Waals surface area contributed by atoms with Gasteiger partial charge in [-0.05, 0) is 29.3 Å². The zero-order valence-corrected chi connectivity index (χ0v) is 14.4. The molecule has 1 N–H and O–H groups in total. The molecule has 0 spiro atoms. The van der Waals surface area contributed by atoms with Crippen LogP contribution < -0.4 is 5.32 Å². The van der Waals surface area contributed by atoms with Crippen molar-refractivity contribution in [1.82, 2.24) is 15.3 Å².